The number of sulfonamides is 1. The van der Waals surface area contributed by atoms with Gasteiger partial charge in [0.2, 0.25) is 11.8 Å². The summed E-state index contributed by atoms with van der Waals surface area (Å²) >= 11 is 0. The summed E-state index contributed by atoms with van der Waals surface area (Å²) in [5, 5.41) is 2.90. The lowest BCUT2D eigenvalue weighted by Crippen LogP contribution is -2.53. The number of carbonyl (C=O) groups is 2. The van der Waals surface area contributed by atoms with Gasteiger partial charge in [0.25, 0.3) is 10.0 Å². The predicted molar refractivity (Wildman–Crippen MR) is 158 cm³/mol. The quantitative estimate of drug-likeness (QED) is 0.339. The maximum atomic E-state index is 14.1. The van der Waals surface area contributed by atoms with Crippen molar-refractivity contribution in [1.82, 2.24) is 10.2 Å². The summed E-state index contributed by atoms with van der Waals surface area (Å²) in [5.41, 5.74) is 2.91. The molecule has 0 aliphatic rings. The van der Waals surface area contributed by atoms with Crippen LogP contribution in [-0.2, 0) is 26.2 Å². The third-order valence-electron chi connectivity index (χ3n) is 6.43. The molecule has 8 nitrogen and oxygen atoms in total. The van der Waals surface area contributed by atoms with Crippen LogP contribution in [0.15, 0.2) is 77.7 Å². The molecule has 0 aliphatic carbocycles. The molecule has 0 heterocycles. The van der Waals surface area contributed by atoms with E-state index in [1.54, 1.807) is 49.6 Å². The predicted octanol–water partition coefficient (Wildman–Crippen LogP) is 4.84. The van der Waals surface area contributed by atoms with E-state index in [1.165, 1.54) is 17.0 Å². The van der Waals surface area contributed by atoms with E-state index in [2.05, 4.69) is 5.32 Å². The van der Waals surface area contributed by atoms with Crippen LogP contribution in [0.1, 0.15) is 43.9 Å². The summed E-state index contributed by atoms with van der Waals surface area (Å²) < 4.78 is 34.2. The van der Waals surface area contributed by atoms with E-state index in [-0.39, 0.29) is 23.4 Å². The van der Waals surface area contributed by atoms with Crippen LogP contribution in [-0.4, -0.2) is 50.9 Å². The molecular weight excluding hydrogens is 526 g/mol. The molecule has 0 aliphatic heterocycles. The number of amides is 2. The van der Waals surface area contributed by atoms with Gasteiger partial charge in [0, 0.05) is 12.6 Å². The molecule has 3 rings (SSSR count). The lowest BCUT2D eigenvalue weighted by molar-refractivity contribution is -0.140. The zero-order valence-electron chi connectivity index (χ0n) is 24.0. The van der Waals surface area contributed by atoms with Gasteiger partial charge in [-0.25, -0.2) is 8.42 Å². The van der Waals surface area contributed by atoms with Crippen LogP contribution >= 0.6 is 0 Å². The van der Waals surface area contributed by atoms with Gasteiger partial charge in [-0.1, -0.05) is 43.3 Å². The van der Waals surface area contributed by atoms with Gasteiger partial charge in [-0.2, -0.15) is 0 Å². The molecule has 1 atom stereocenters. The van der Waals surface area contributed by atoms with Crippen LogP contribution < -0.4 is 14.4 Å². The first-order valence-corrected chi connectivity index (χ1v) is 14.8. The van der Waals surface area contributed by atoms with Crippen molar-refractivity contribution in [3.05, 3.63) is 89.5 Å². The minimum absolute atomic E-state index is 0.0771. The summed E-state index contributed by atoms with van der Waals surface area (Å²) in [6, 6.07) is 19.8. The van der Waals surface area contributed by atoms with E-state index in [9.17, 15) is 18.0 Å². The second kappa shape index (κ2) is 13.5. The van der Waals surface area contributed by atoms with Crippen LogP contribution in [0.3, 0.4) is 0 Å². The second-order valence-electron chi connectivity index (χ2n) is 10.1. The summed E-state index contributed by atoms with van der Waals surface area (Å²) in [5.74, 6) is -0.107. The number of rotatable bonds is 12. The first-order chi connectivity index (χ1) is 19.0. The van der Waals surface area contributed by atoms with Crippen molar-refractivity contribution >= 4 is 27.5 Å². The molecule has 1 unspecified atom stereocenters. The second-order valence-corrected chi connectivity index (χ2v) is 12.0. The number of methoxy groups -OCH3 is 1. The maximum absolute atomic E-state index is 14.1. The van der Waals surface area contributed by atoms with Crippen LogP contribution in [0.25, 0.3) is 0 Å². The van der Waals surface area contributed by atoms with Crippen molar-refractivity contribution in [1.29, 1.82) is 0 Å². The van der Waals surface area contributed by atoms with Crippen molar-refractivity contribution in [2.45, 2.75) is 64.6 Å². The van der Waals surface area contributed by atoms with Crippen molar-refractivity contribution < 1.29 is 22.7 Å². The highest BCUT2D eigenvalue weighted by molar-refractivity contribution is 7.92. The minimum atomic E-state index is -4.10. The third-order valence-corrected chi connectivity index (χ3v) is 8.22. The Kier molecular flexibility index (Phi) is 10.3. The van der Waals surface area contributed by atoms with E-state index in [1.807, 2.05) is 52.8 Å². The summed E-state index contributed by atoms with van der Waals surface area (Å²) in [4.78, 5) is 28.9. The van der Waals surface area contributed by atoms with E-state index >= 15 is 0 Å². The molecule has 3 aromatic carbocycles. The van der Waals surface area contributed by atoms with Crippen molar-refractivity contribution in [3.8, 4) is 5.75 Å². The maximum Gasteiger partial charge on any atom is 0.264 e. The first kappa shape index (κ1) is 30.7. The van der Waals surface area contributed by atoms with Crippen molar-refractivity contribution in [2.75, 3.05) is 18.0 Å². The normalized spacial score (nSPS) is 12.1. The monoisotopic (exact) mass is 565 g/mol. The Bertz CT molecular complexity index is 1390. The Labute approximate surface area is 238 Å². The number of nitrogens with zero attached hydrogens (tertiary/aromatic N) is 2. The lowest BCUT2D eigenvalue weighted by Gasteiger charge is -2.33. The molecule has 0 fully saturated rings. The number of hydrogen-bond donors (Lipinski definition) is 1. The standard InChI is InChI=1S/C31H39N3O5S/c1-7-29(31(36)32-22(2)3)33(20-25-13-15-27(39-6)16-14-25)30(35)21-34(26-18-23(4)17-24(5)19-26)40(37,38)28-11-9-8-10-12-28/h8-19,22,29H,7,20-21H2,1-6H3,(H,32,36). The van der Waals surface area contributed by atoms with Crippen LogP contribution in [0.4, 0.5) is 5.69 Å². The van der Waals surface area contributed by atoms with Gasteiger partial charge in [-0.05, 0) is 87.2 Å². The van der Waals surface area contributed by atoms with Crippen LogP contribution in [0, 0.1) is 13.8 Å². The number of nitrogens with one attached hydrogen (secondary N) is 1. The average molecular weight is 566 g/mol. The Morgan fingerprint density at radius 3 is 2.05 bits per heavy atom. The highest BCUT2D eigenvalue weighted by Gasteiger charge is 2.34. The highest BCUT2D eigenvalue weighted by atomic mass is 32.2. The zero-order chi connectivity index (χ0) is 29.4. The first-order valence-electron chi connectivity index (χ1n) is 13.3. The van der Waals surface area contributed by atoms with Gasteiger partial charge >= 0.3 is 0 Å². The Morgan fingerprint density at radius 1 is 0.925 bits per heavy atom. The smallest absolute Gasteiger partial charge is 0.264 e. The number of benzene rings is 3. The molecule has 0 saturated carbocycles. The molecule has 1 N–H and O–H groups in total. The fourth-order valence-electron chi connectivity index (χ4n) is 4.57. The summed E-state index contributed by atoms with van der Waals surface area (Å²) in [6.45, 7) is 8.96. The molecule has 0 radical (unpaired) electrons. The number of hydrogen-bond acceptors (Lipinski definition) is 5. The largest absolute Gasteiger partial charge is 0.497 e. The van der Waals surface area contributed by atoms with E-state index < -0.39 is 28.5 Å². The summed E-state index contributed by atoms with van der Waals surface area (Å²) in [6.07, 6.45) is 0.357. The van der Waals surface area contributed by atoms with Gasteiger partial charge in [0.15, 0.2) is 0 Å². The Hall–Kier alpha value is -3.85. The lowest BCUT2D eigenvalue weighted by atomic mass is 10.1. The third kappa shape index (κ3) is 7.63. The average Bonchev–Trinajstić information content (AvgIpc) is 2.91. The van der Waals surface area contributed by atoms with E-state index in [4.69, 9.17) is 4.74 Å². The van der Waals surface area contributed by atoms with Crippen molar-refractivity contribution in [3.63, 3.8) is 0 Å². The number of carbonyl (C=O) groups excluding carboxylic acids is 2. The molecule has 9 heteroatoms. The fourth-order valence-corrected chi connectivity index (χ4v) is 5.99. The molecular formula is C31H39N3O5S. The van der Waals surface area contributed by atoms with Gasteiger partial charge < -0.3 is 15.0 Å². The molecule has 40 heavy (non-hydrogen) atoms. The highest BCUT2D eigenvalue weighted by Crippen LogP contribution is 2.27. The van der Waals surface area contributed by atoms with E-state index in [0.717, 1.165) is 21.0 Å². The number of aryl methyl sites for hydroxylation is 2. The molecule has 214 valence electrons. The van der Waals surface area contributed by atoms with Crippen molar-refractivity contribution in [2.24, 2.45) is 0 Å². The summed E-state index contributed by atoms with van der Waals surface area (Å²) in [7, 11) is -2.53. The molecule has 0 spiro atoms. The van der Waals surface area contributed by atoms with Crippen LogP contribution in [0.5, 0.6) is 5.75 Å². The van der Waals surface area contributed by atoms with Gasteiger partial charge in [0.1, 0.15) is 18.3 Å². The Balaban J connectivity index is 2.08. The zero-order valence-corrected chi connectivity index (χ0v) is 24.9. The molecule has 0 bridgehead atoms. The molecule has 2 amide bonds. The molecule has 0 aromatic heterocycles. The van der Waals surface area contributed by atoms with E-state index in [0.29, 0.717) is 17.9 Å². The van der Waals surface area contributed by atoms with Gasteiger partial charge in [0.05, 0.1) is 17.7 Å². The molecule has 3 aromatic rings. The number of ether oxygens (including phenoxy) is 1. The topological polar surface area (TPSA) is 96.0 Å². The van der Waals surface area contributed by atoms with Crippen LogP contribution in [0.2, 0.25) is 0 Å². The molecule has 0 saturated heterocycles. The van der Waals surface area contributed by atoms with Gasteiger partial charge in [-0.15, -0.1) is 0 Å². The SMILES string of the molecule is CCC(C(=O)NC(C)C)N(Cc1ccc(OC)cc1)C(=O)CN(c1cc(C)cc(C)c1)S(=O)(=O)c1ccccc1. The Morgan fingerprint density at radius 2 is 1.52 bits per heavy atom. The minimum Gasteiger partial charge on any atom is -0.497 e. The fraction of sp³-hybridized carbons (Fsp3) is 0.355. The number of anilines is 1. The van der Waals surface area contributed by atoms with Gasteiger partial charge in [-0.3, -0.25) is 13.9 Å².